The van der Waals surface area contributed by atoms with Gasteiger partial charge in [0.05, 0.1) is 6.61 Å². The molecule has 0 N–H and O–H groups in total. The first-order chi connectivity index (χ1) is 6.52. The molecular weight excluding hydrogens is 178 g/mol. The molecule has 0 aliphatic carbocycles. The van der Waals surface area contributed by atoms with E-state index in [0.29, 0.717) is 18.6 Å². The molecule has 0 saturated carbocycles. The number of Topliss-reactive ketones (excluding diaryl/α,β-unsaturated/α-hetero) is 1. The number of hydrogen-bond donors (Lipinski definition) is 0. The molecule has 0 aliphatic heterocycles. The van der Waals surface area contributed by atoms with E-state index >= 15 is 0 Å². The Hall–Kier alpha value is -1.25. The summed E-state index contributed by atoms with van der Waals surface area (Å²) in [7, 11) is 3.76. The van der Waals surface area contributed by atoms with Crippen molar-refractivity contribution in [1.82, 2.24) is 4.90 Å². The molecule has 0 heterocycles. The Kier molecular flexibility index (Phi) is 5.68. The van der Waals surface area contributed by atoms with Crippen LogP contribution in [0.2, 0.25) is 0 Å². The van der Waals surface area contributed by atoms with Crippen LogP contribution in [0, 0.1) is 0 Å². The van der Waals surface area contributed by atoms with Crippen LogP contribution in [-0.4, -0.2) is 31.4 Å². The standard InChI is InChI=1S/C11H19NO2/c1-6-10(8-12(4)5)11(13)9(3)14-7-2/h8H,3,6-7H2,1-2,4-5H3/b10-8+. The van der Waals surface area contributed by atoms with Crippen LogP contribution in [0.25, 0.3) is 0 Å². The first kappa shape index (κ1) is 12.8. The van der Waals surface area contributed by atoms with Gasteiger partial charge in [0.1, 0.15) is 0 Å². The van der Waals surface area contributed by atoms with E-state index < -0.39 is 0 Å². The molecule has 3 nitrogen and oxygen atoms in total. The fourth-order valence-electron chi connectivity index (χ4n) is 1.04. The van der Waals surface area contributed by atoms with Gasteiger partial charge in [0.2, 0.25) is 5.78 Å². The molecule has 80 valence electrons. The van der Waals surface area contributed by atoms with Gasteiger partial charge in [-0.05, 0) is 13.3 Å². The lowest BCUT2D eigenvalue weighted by molar-refractivity contribution is -0.115. The van der Waals surface area contributed by atoms with Crippen molar-refractivity contribution < 1.29 is 9.53 Å². The Labute approximate surface area is 86.0 Å². The Morgan fingerprint density at radius 1 is 1.43 bits per heavy atom. The number of nitrogens with zero attached hydrogens (tertiary/aromatic N) is 1. The van der Waals surface area contributed by atoms with Crippen molar-refractivity contribution in [2.45, 2.75) is 20.3 Å². The molecular formula is C11H19NO2. The summed E-state index contributed by atoms with van der Waals surface area (Å²) >= 11 is 0. The van der Waals surface area contributed by atoms with E-state index in [9.17, 15) is 4.79 Å². The number of ether oxygens (including phenoxy) is 1. The monoisotopic (exact) mass is 197 g/mol. The average Bonchev–Trinajstić information content (AvgIpc) is 2.13. The quantitative estimate of drug-likeness (QED) is 0.481. The molecule has 0 saturated heterocycles. The van der Waals surface area contributed by atoms with Gasteiger partial charge in [0, 0.05) is 25.9 Å². The summed E-state index contributed by atoms with van der Waals surface area (Å²) in [5, 5.41) is 0. The van der Waals surface area contributed by atoms with Crippen LogP contribution >= 0.6 is 0 Å². The van der Waals surface area contributed by atoms with E-state index in [0.717, 1.165) is 0 Å². The van der Waals surface area contributed by atoms with Crippen LogP contribution < -0.4 is 0 Å². The molecule has 0 aromatic heterocycles. The molecule has 0 fully saturated rings. The second kappa shape index (κ2) is 6.24. The third-order valence-corrected chi connectivity index (χ3v) is 1.66. The van der Waals surface area contributed by atoms with Gasteiger partial charge in [-0.2, -0.15) is 0 Å². The summed E-state index contributed by atoms with van der Waals surface area (Å²) < 4.78 is 5.06. The second-order valence-corrected chi connectivity index (χ2v) is 3.16. The Morgan fingerprint density at radius 2 is 2.00 bits per heavy atom. The third kappa shape index (κ3) is 4.12. The molecule has 0 spiro atoms. The van der Waals surface area contributed by atoms with Gasteiger partial charge >= 0.3 is 0 Å². The Bertz CT molecular complexity index is 242. The average molecular weight is 197 g/mol. The Balaban J connectivity index is 4.54. The fraction of sp³-hybridized carbons (Fsp3) is 0.545. The SMILES string of the molecule is C=C(OCC)C(=O)/C(=C/N(C)C)CC. The third-order valence-electron chi connectivity index (χ3n) is 1.66. The summed E-state index contributed by atoms with van der Waals surface area (Å²) in [6, 6.07) is 0. The molecule has 14 heavy (non-hydrogen) atoms. The first-order valence-electron chi connectivity index (χ1n) is 4.76. The smallest absolute Gasteiger partial charge is 0.224 e. The zero-order chi connectivity index (χ0) is 11.1. The largest absolute Gasteiger partial charge is 0.490 e. The predicted molar refractivity (Wildman–Crippen MR) is 57.8 cm³/mol. The van der Waals surface area contributed by atoms with Gasteiger partial charge in [-0.3, -0.25) is 4.79 Å². The maximum Gasteiger partial charge on any atom is 0.224 e. The van der Waals surface area contributed by atoms with Crippen molar-refractivity contribution in [3.8, 4) is 0 Å². The van der Waals surface area contributed by atoms with Gasteiger partial charge < -0.3 is 9.64 Å². The highest BCUT2D eigenvalue weighted by atomic mass is 16.5. The fourth-order valence-corrected chi connectivity index (χ4v) is 1.04. The number of ketones is 1. The van der Waals surface area contributed by atoms with E-state index in [2.05, 4.69) is 6.58 Å². The van der Waals surface area contributed by atoms with Crippen LogP contribution in [0.4, 0.5) is 0 Å². The molecule has 0 bridgehead atoms. The summed E-state index contributed by atoms with van der Waals surface area (Å²) in [6.45, 7) is 7.84. The zero-order valence-corrected chi connectivity index (χ0v) is 9.46. The highest BCUT2D eigenvalue weighted by Gasteiger charge is 2.12. The lowest BCUT2D eigenvalue weighted by Crippen LogP contribution is -2.12. The maximum atomic E-state index is 11.7. The van der Waals surface area contributed by atoms with E-state index in [1.807, 2.05) is 32.8 Å². The molecule has 0 aromatic carbocycles. The zero-order valence-electron chi connectivity index (χ0n) is 9.46. The summed E-state index contributed by atoms with van der Waals surface area (Å²) in [6.07, 6.45) is 2.48. The normalized spacial score (nSPS) is 11.0. The van der Waals surface area contributed by atoms with Crippen molar-refractivity contribution in [3.63, 3.8) is 0 Å². The minimum Gasteiger partial charge on any atom is -0.490 e. The van der Waals surface area contributed by atoms with E-state index in [1.165, 1.54) is 0 Å². The molecule has 0 aliphatic rings. The van der Waals surface area contributed by atoms with Crippen molar-refractivity contribution in [2.24, 2.45) is 0 Å². The molecule has 0 aromatic rings. The van der Waals surface area contributed by atoms with Crippen molar-refractivity contribution in [2.75, 3.05) is 20.7 Å². The van der Waals surface area contributed by atoms with Gasteiger partial charge in [0.25, 0.3) is 0 Å². The first-order valence-corrected chi connectivity index (χ1v) is 4.76. The molecule has 0 radical (unpaired) electrons. The summed E-state index contributed by atoms with van der Waals surface area (Å²) in [5.74, 6) is 0.116. The van der Waals surface area contributed by atoms with Crippen molar-refractivity contribution in [1.29, 1.82) is 0 Å². The van der Waals surface area contributed by atoms with Gasteiger partial charge in [-0.15, -0.1) is 0 Å². The number of allylic oxidation sites excluding steroid dienone is 1. The Morgan fingerprint density at radius 3 is 2.36 bits per heavy atom. The predicted octanol–water partition coefficient (Wildman–Crippen LogP) is 1.96. The van der Waals surface area contributed by atoms with Crippen LogP contribution in [-0.2, 0) is 9.53 Å². The lowest BCUT2D eigenvalue weighted by Gasteiger charge is -2.11. The lowest BCUT2D eigenvalue weighted by atomic mass is 10.1. The van der Waals surface area contributed by atoms with Crippen LogP contribution in [0.15, 0.2) is 24.1 Å². The van der Waals surface area contributed by atoms with Crippen molar-refractivity contribution in [3.05, 3.63) is 24.1 Å². The van der Waals surface area contributed by atoms with E-state index in [-0.39, 0.29) is 11.5 Å². The van der Waals surface area contributed by atoms with Crippen LogP contribution in [0.1, 0.15) is 20.3 Å². The molecule has 0 unspecified atom stereocenters. The van der Waals surface area contributed by atoms with E-state index in [1.54, 1.807) is 6.20 Å². The summed E-state index contributed by atoms with van der Waals surface area (Å²) in [4.78, 5) is 13.5. The number of rotatable bonds is 6. The number of carbonyl (C=O) groups excluding carboxylic acids is 1. The minimum absolute atomic E-state index is 0.108. The molecule has 0 amide bonds. The summed E-state index contributed by atoms with van der Waals surface area (Å²) in [5.41, 5.74) is 0.716. The number of hydrogen-bond acceptors (Lipinski definition) is 3. The van der Waals surface area contributed by atoms with Crippen molar-refractivity contribution >= 4 is 5.78 Å². The molecule has 3 heteroatoms. The van der Waals surface area contributed by atoms with E-state index in [4.69, 9.17) is 4.74 Å². The number of carbonyl (C=O) groups is 1. The van der Waals surface area contributed by atoms with Crippen LogP contribution in [0.3, 0.4) is 0 Å². The molecule has 0 atom stereocenters. The maximum absolute atomic E-state index is 11.7. The van der Waals surface area contributed by atoms with Gasteiger partial charge in [-0.1, -0.05) is 13.5 Å². The minimum atomic E-state index is -0.108. The van der Waals surface area contributed by atoms with Gasteiger partial charge in [0.15, 0.2) is 5.76 Å². The topological polar surface area (TPSA) is 29.5 Å². The van der Waals surface area contributed by atoms with Crippen LogP contribution in [0.5, 0.6) is 0 Å². The van der Waals surface area contributed by atoms with Gasteiger partial charge in [-0.25, -0.2) is 0 Å². The highest BCUT2D eigenvalue weighted by Crippen LogP contribution is 2.09. The molecule has 0 rings (SSSR count). The second-order valence-electron chi connectivity index (χ2n) is 3.16. The highest BCUT2D eigenvalue weighted by molar-refractivity contribution is 6.06.